The molecule has 1 aromatic carbocycles. The first-order valence-electron chi connectivity index (χ1n) is 6.18. The molecule has 0 saturated heterocycles. The van der Waals surface area contributed by atoms with Crippen LogP contribution in [0.2, 0.25) is 0 Å². The zero-order valence-electron chi connectivity index (χ0n) is 11.6. The lowest BCUT2D eigenvalue weighted by molar-refractivity contribution is 0.0594. The third kappa shape index (κ3) is 4.26. The van der Waals surface area contributed by atoms with Gasteiger partial charge in [0.1, 0.15) is 11.2 Å². The summed E-state index contributed by atoms with van der Waals surface area (Å²) in [6, 6.07) is 9.20. The predicted molar refractivity (Wildman–Crippen MR) is 81.3 cm³/mol. The van der Waals surface area contributed by atoms with Crippen LogP contribution in [0.25, 0.3) is 0 Å². The monoisotopic (exact) mass is 365 g/mol. The molecule has 2 aromatic rings. The first-order valence-corrected chi connectivity index (χ1v) is 6.98. The van der Waals surface area contributed by atoms with Gasteiger partial charge in [-0.25, -0.2) is 19.6 Å². The molecular formula is C14H12BrN3O4. The van der Waals surface area contributed by atoms with Crippen molar-refractivity contribution in [2.24, 2.45) is 0 Å². The maximum absolute atomic E-state index is 11.8. The molecule has 0 fully saturated rings. The lowest BCUT2D eigenvalue weighted by Crippen LogP contribution is -2.18. The number of amides is 1. The second-order valence-electron chi connectivity index (χ2n) is 4.07. The number of nitrogens with zero attached hydrogens (tertiary/aromatic N) is 2. The van der Waals surface area contributed by atoms with E-state index in [0.29, 0.717) is 4.60 Å². The van der Waals surface area contributed by atoms with Gasteiger partial charge in [0.2, 0.25) is 0 Å². The summed E-state index contributed by atoms with van der Waals surface area (Å²) in [7, 11) is 1.21. The highest BCUT2D eigenvalue weighted by Gasteiger charge is 2.18. The number of aromatic nitrogens is 2. The molecule has 1 amide bonds. The van der Waals surface area contributed by atoms with Gasteiger partial charge in [-0.2, -0.15) is 0 Å². The second kappa shape index (κ2) is 7.51. The summed E-state index contributed by atoms with van der Waals surface area (Å²) in [5.41, 5.74) is 0.723. The van der Waals surface area contributed by atoms with Gasteiger partial charge in [-0.05, 0) is 21.5 Å². The zero-order chi connectivity index (χ0) is 15.9. The van der Waals surface area contributed by atoms with Crippen molar-refractivity contribution in [2.75, 3.05) is 12.4 Å². The van der Waals surface area contributed by atoms with Crippen LogP contribution in [0.3, 0.4) is 0 Å². The Bertz CT molecular complexity index is 679. The van der Waals surface area contributed by atoms with E-state index in [1.54, 1.807) is 0 Å². The molecule has 0 atom stereocenters. The summed E-state index contributed by atoms with van der Waals surface area (Å²) in [6.45, 7) is 0.101. The smallest absolute Gasteiger partial charge is 0.413 e. The maximum Gasteiger partial charge on any atom is 0.413 e. The number of carbonyl (C=O) groups excluding carboxylic acids is 2. The van der Waals surface area contributed by atoms with Crippen LogP contribution in [0.5, 0.6) is 0 Å². The third-order valence-electron chi connectivity index (χ3n) is 2.56. The van der Waals surface area contributed by atoms with Gasteiger partial charge in [0.25, 0.3) is 0 Å². The van der Waals surface area contributed by atoms with Crippen molar-refractivity contribution >= 4 is 33.8 Å². The molecule has 1 N–H and O–H groups in total. The van der Waals surface area contributed by atoms with Crippen molar-refractivity contribution in [3.05, 3.63) is 52.4 Å². The van der Waals surface area contributed by atoms with E-state index in [1.807, 2.05) is 30.3 Å². The van der Waals surface area contributed by atoms with Crippen molar-refractivity contribution in [2.45, 2.75) is 6.61 Å². The summed E-state index contributed by atoms with van der Waals surface area (Å²) < 4.78 is 9.98. The number of esters is 1. The van der Waals surface area contributed by atoms with Crippen LogP contribution in [-0.2, 0) is 16.1 Å². The number of nitrogens with one attached hydrogen (secondary N) is 1. The van der Waals surface area contributed by atoms with Crippen LogP contribution in [0, 0.1) is 0 Å². The molecule has 0 bridgehead atoms. The van der Waals surface area contributed by atoms with Crippen LogP contribution in [-0.4, -0.2) is 29.1 Å². The number of halogens is 1. The number of benzene rings is 1. The number of anilines is 1. The average molecular weight is 366 g/mol. The van der Waals surface area contributed by atoms with Crippen molar-refractivity contribution in [3.8, 4) is 0 Å². The Kier molecular flexibility index (Phi) is 5.42. The Balaban J connectivity index is 2.03. The van der Waals surface area contributed by atoms with Gasteiger partial charge in [-0.1, -0.05) is 30.3 Å². The van der Waals surface area contributed by atoms with E-state index in [4.69, 9.17) is 4.74 Å². The predicted octanol–water partition coefficient (Wildman–Crippen LogP) is 2.77. The SMILES string of the molecule is COC(=O)c1nc(Br)cnc1NC(=O)OCc1ccccc1. The summed E-state index contributed by atoms with van der Waals surface area (Å²) in [5, 5.41) is 2.37. The summed E-state index contributed by atoms with van der Waals surface area (Å²) >= 11 is 3.10. The van der Waals surface area contributed by atoms with Crippen molar-refractivity contribution in [3.63, 3.8) is 0 Å². The molecule has 0 spiro atoms. The molecule has 0 saturated carbocycles. The Morgan fingerprint density at radius 3 is 2.68 bits per heavy atom. The Labute approximate surface area is 134 Å². The van der Waals surface area contributed by atoms with Gasteiger partial charge in [0, 0.05) is 0 Å². The molecule has 0 unspecified atom stereocenters. The first-order chi connectivity index (χ1) is 10.6. The summed E-state index contributed by atoms with van der Waals surface area (Å²) in [6.07, 6.45) is 0.602. The Hall–Kier alpha value is -2.48. The van der Waals surface area contributed by atoms with E-state index in [-0.39, 0.29) is 18.1 Å². The third-order valence-corrected chi connectivity index (χ3v) is 2.94. The molecule has 1 aromatic heterocycles. The number of ether oxygens (including phenoxy) is 2. The maximum atomic E-state index is 11.8. The fourth-order valence-electron chi connectivity index (χ4n) is 1.55. The highest BCUT2D eigenvalue weighted by Crippen LogP contribution is 2.15. The van der Waals surface area contributed by atoms with Gasteiger partial charge >= 0.3 is 12.1 Å². The van der Waals surface area contributed by atoms with E-state index in [1.165, 1.54) is 13.3 Å². The van der Waals surface area contributed by atoms with E-state index >= 15 is 0 Å². The normalized spacial score (nSPS) is 9.91. The lowest BCUT2D eigenvalue weighted by atomic mass is 10.2. The molecule has 7 nitrogen and oxygen atoms in total. The fraction of sp³-hybridized carbons (Fsp3) is 0.143. The molecule has 0 aliphatic carbocycles. The van der Waals surface area contributed by atoms with E-state index in [0.717, 1.165) is 5.56 Å². The van der Waals surface area contributed by atoms with Crippen LogP contribution in [0.1, 0.15) is 16.1 Å². The summed E-state index contributed by atoms with van der Waals surface area (Å²) in [5.74, 6) is -0.750. The van der Waals surface area contributed by atoms with Crippen molar-refractivity contribution < 1.29 is 19.1 Å². The number of methoxy groups -OCH3 is 1. The van der Waals surface area contributed by atoms with Crippen LogP contribution in [0.4, 0.5) is 10.6 Å². The van der Waals surface area contributed by atoms with Crippen LogP contribution >= 0.6 is 15.9 Å². The number of hydrogen-bond donors (Lipinski definition) is 1. The molecule has 0 radical (unpaired) electrons. The second-order valence-corrected chi connectivity index (χ2v) is 4.88. The van der Waals surface area contributed by atoms with Gasteiger partial charge in [0.05, 0.1) is 13.3 Å². The quantitative estimate of drug-likeness (QED) is 0.837. The van der Waals surface area contributed by atoms with Crippen molar-refractivity contribution in [1.29, 1.82) is 0 Å². The summed E-state index contributed by atoms with van der Waals surface area (Å²) in [4.78, 5) is 31.2. The molecule has 22 heavy (non-hydrogen) atoms. The molecule has 0 aliphatic heterocycles. The lowest BCUT2D eigenvalue weighted by Gasteiger charge is -2.09. The Morgan fingerprint density at radius 2 is 2.00 bits per heavy atom. The molecule has 8 heteroatoms. The molecule has 1 heterocycles. The fourth-order valence-corrected chi connectivity index (χ4v) is 1.83. The zero-order valence-corrected chi connectivity index (χ0v) is 13.2. The highest BCUT2D eigenvalue weighted by molar-refractivity contribution is 9.10. The van der Waals surface area contributed by atoms with Gasteiger partial charge < -0.3 is 9.47 Å². The van der Waals surface area contributed by atoms with Crippen molar-refractivity contribution in [1.82, 2.24) is 9.97 Å². The molecule has 0 aliphatic rings. The Morgan fingerprint density at radius 1 is 1.27 bits per heavy atom. The minimum atomic E-state index is -0.745. The standard InChI is InChI=1S/C14H12BrN3O4/c1-21-13(19)11-12(16-7-10(15)17-11)18-14(20)22-8-9-5-3-2-4-6-9/h2-7H,8H2,1H3,(H,16,18,20). The topological polar surface area (TPSA) is 90.4 Å². The molecule has 2 rings (SSSR count). The van der Waals surface area contributed by atoms with E-state index in [2.05, 4.69) is 36.0 Å². The van der Waals surface area contributed by atoms with Gasteiger partial charge in [-0.15, -0.1) is 0 Å². The highest BCUT2D eigenvalue weighted by atomic mass is 79.9. The van der Waals surface area contributed by atoms with Crippen LogP contribution in [0.15, 0.2) is 41.1 Å². The minimum absolute atomic E-state index is 0.0342. The molecular weight excluding hydrogens is 354 g/mol. The average Bonchev–Trinajstić information content (AvgIpc) is 2.55. The molecule has 114 valence electrons. The van der Waals surface area contributed by atoms with E-state index < -0.39 is 12.1 Å². The van der Waals surface area contributed by atoms with Gasteiger partial charge in [-0.3, -0.25) is 5.32 Å². The number of carbonyl (C=O) groups is 2. The minimum Gasteiger partial charge on any atom is -0.464 e. The van der Waals surface area contributed by atoms with Crippen LogP contribution < -0.4 is 5.32 Å². The first kappa shape index (κ1) is 15.9. The largest absolute Gasteiger partial charge is 0.464 e. The van der Waals surface area contributed by atoms with Gasteiger partial charge in [0.15, 0.2) is 11.5 Å². The number of hydrogen-bond acceptors (Lipinski definition) is 6. The number of rotatable bonds is 4. The van der Waals surface area contributed by atoms with E-state index in [9.17, 15) is 9.59 Å².